The minimum atomic E-state index is 0.676. The van der Waals surface area contributed by atoms with Gasteiger partial charge in [0.25, 0.3) is 0 Å². The second-order valence-electron chi connectivity index (χ2n) is 8.52. The average molecular weight is 344 g/mol. The molecule has 2 aliphatic carbocycles. The highest BCUT2D eigenvalue weighted by Gasteiger charge is 2.40. The highest BCUT2D eigenvalue weighted by molar-refractivity contribution is 5.94. The first-order chi connectivity index (χ1) is 13.0. The molecule has 0 radical (unpaired) electrons. The number of aromatic nitrogens is 1. The molecule has 2 fully saturated rings. The highest BCUT2D eigenvalue weighted by Crippen LogP contribution is 2.53. The second kappa shape index (κ2) is 5.94. The van der Waals surface area contributed by atoms with Gasteiger partial charge in [0.05, 0.1) is 6.76 Å². The Morgan fingerprint density at radius 3 is 2.62 bits per heavy atom. The van der Waals surface area contributed by atoms with Gasteiger partial charge in [-0.15, -0.1) is 0 Å². The van der Waals surface area contributed by atoms with Crippen molar-refractivity contribution in [2.45, 2.75) is 45.4 Å². The van der Waals surface area contributed by atoms with Gasteiger partial charge >= 0.3 is 0 Å². The van der Waals surface area contributed by atoms with Gasteiger partial charge in [-0.05, 0) is 72.6 Å². The molecule has 3 aromatic rings. The van der Waals surface area contributed by atoms with E-state index in [4.69, 9.17) is 1.37 Å². The number of benzene rings is 2. The summed E-state index contributed by atoms with van der Waals surface area (Å²) in [4.78, 5) is 0. The maximum Gasteiger partial charge on any atom is 0.220 e. The molecule has 1 nitrogen and oxygen atoms in total. The Balaban J connectivity index is 1.73. The molecule has 2 aliphatic rings. The maximum atomic E-state index is 8.79. The summed E-state index contributed by atoms with van der Waals surface area (Å²) in [5.41, 5.74) is 6.28. The number of aryl methyl sites for hydroxylation is 1. The molecular weight excluding hydrogens is 314 g/mol. The van der Waals surface area contributed by atoms with E-state index in [0.717, 1.165) is 22.9 Å². The Kier molecular flexibility index (Phi) is 3.42. The van der Waals surface area contributed by atoms with Gasteiger partial charge in [0.1, 0.15) is 7.05 Å². The Morgan fingerprint density at radius 2 is 1.88 bits per heavy atom. The van der Waals surface area contributed by atoms with Gasteiger partial charge in [-0.2, -0.15) is 4.57 Å². The van der Waals surface area contributed by atoms with E-state index < -0.39 is 0 Å². The highest BCUT2D eigenvalue weighted by atomic mass is 14.9. The van der Waals surface area contributed by atoms with E-state index in [0.29, 0.717) is 12.0 Å². The summed E-state index contributed by atoms with van der Waals surface area (Å²) < 4.78 is 11.0. The van der Waals surface area contributed by atoms with Crippen LogP contribution in [0.15, 0.2) is 48.5 Å². The largest absolute Gasteiger partial charge is 0.220 e. The Bertz CT molecular complexity index is 1050. The van der Waals surface area contributed by atoms with Gasteiger partial charge in [0.2, 0.25) is 5.69 Å². The first-order valence-electron chi connectivity index (χ1n) is 10.5. The molecule has 26 heavy (non-hydrogen) atoms. The van der Waals surface area contributed by atoms with E-state index in [-0.39, 0.29) is 0 Å². The summed E-state index contributed by atoms with van der Waals surface area (Å²) in [5, 5.41) is 2.32. The van der Waals surface area contributed by atoms with E-state index in [1.807, 2.05) is 0 Å². The fraction of sp³-hybridized carbons (Fsp3) is 0.400. The van der Waals surface area contributed by atoms with Crippen LogP contribution in [0.4, 0.5) is 0 Å². The van der Waals surface area contributed by atoms with Crippen LogP contribution in [0.3, 0.4) is 0 Å². The van der Waals surface area contributed by atoms with Gasteiger partial charge in [-0.3, -0.25) is 0 Å². The van der Waals surface area contributed by atoms with Crippen LogP contribution in [0.1, 0.15) is 49.8 Å². The van der Waals surface area contributed by atoms with Crippen molar-refractivity contribution in [2.24, 2.45) is 18.9 Å². The lowest BCUT2D eigenvalue weighted by atomic mass is 9.82. The number of rotatable bonds is 2. The van der Waals surface area contributed by atoms with Gasteiger partial charge < -0.3 is 0 Å². The first kappa shape index (κ1) is 15.0. The molecule has 3 atom stereocenters. The molecule has 2 aromatic carbocycles. The molecule has 1 heterocycles. The lowest BCUT2D eigenvalue weighted by molar-refractivity contribution is -0.665. The third-order valence-corrected chi connectivity index (χ3v) is 7.02. The van der Waals surface area contributed by atoms with Crippen molar-refractivity contribution >= 4 is 10.8 Å². The summed E-state index contributed by atoms with van der Waals surface area (Å²) >= 11 is 0. The van der Waals surface area contributed by atoms with Crippen molar-refractivity contribution in [2.75, 3.05) is 0 Å². The molecule has 1 heteroatoms. The molecular formula is C25H28N+. The summed E-state index contributed by atoms with van der Waals surface area (Å²) in [6.45, 7) is 4.25. The van der Waals surface area contributed by atoms with Crippen LogP contribution in [0.25, 0.3) is 22.0 Å². The van der Waals surface area contributed by atoms with E-state index in [1.165, 1.54) is 53.5 Å². The van der Waals surface area contributed by atoms with Crippen LogP contribution >= 0.6 is 0 Å². The summed E-state index contributed by atoms with van der Waals surface area (Å²) in [7, 11) is 2.10. The Morgan fingerprint density at radius 1 is 1.04 bits per heavy atom. The smallest absolute Gasteiger partial charge is 0.198 e. The minimum Gasteiger partial charge on any atom is -0.198 e. The Labute approximate surface area is 158 Å². The molecule has 0 aliphatic heterocycles. The zero-order valence-corrected chi connectivity index (χ0v) is 16.0. The van der Waals surface area contributed by atoms with Crippen LogP contribution in [-0.4, -0.2) is 0 Å². The zero-order valence-electron chi connectivity index (χ0n) is 17.0. The number of nitrogens with zero attached hydrogens (tertiary/aromatic N) is 1. The number of fused-ring (bicyclic) bond motifs is 3. The van der Waals surface area contributed by atoms with Crippen LogP contribution in [0.5, 0.6) is 0 Å². The van der Waals surface area contributed by atoms with Gasteiger partial charge in [0, 0.05) is 18.5 Å². The summed E-state index contributed by atoms with van der Waals surface area (Å²) in [6.07, 6.45) is 5.62. The molecule has 1 aromatic heterocycles. The predicted molar refractivity (Wildman–Crippen MR) is 108 cm³/mol. The normalized spacial score (nSPS) is 25.0. The third-order valence-electron chi connectivity index (χ3n) is 7.02. The first-order valence-corrected chi connectivity index (χ1v) is 10.0. The molecule has 0 N–H and O–H groups in total. The van der Waals surface area contributed by atoms with Crippen molar-refractivity contribution < 1.29 is 5.94 Å². The van der Waals surface area contributed by atoms with Crippen molar-refractivity contribution in [1.82, 2.24) is 0 Å². The molecule has 0 saturated heterocycles. The van der Waals surface area contributed by atoms with Crippen molar-refractivity contribution in [1.29, 1.82) is 0 Å². The lowest BCUT2D eigenvalue weighted by Gasteiger charge is -2.22. The van der Waals surface area contributed by atoms with Crippen molar-refractivity contribution in [3.63, 3.8) is 0 Å². The van der Waals surface area contributed by atoms with E-state index in [9.17, 15) is 0 Å². The SMILES string of the molecule is [2H]c1c(C)[n+](C)c(-c2ccccc2C)c2ccc(C3CC4CCC3C4)cc12. The van der Waals surface area contributed by atoms with Gasteiger partial charge in [0.15, 0.2) is 5.69 Å². The van der Waals surface area contributed by atoms with Crippen LogP contribution < -0.4 is 4.57 Å². The predicted octanol–water partition coefficient (Wildman–Crippen LogP) is 5.85. The van der Waals surface area contributed by atoms with E-state index in [1.54, 1.807) is 0 Å². The molecule has 0 spiro atoms. The van der Waals surface area contributed by atoms with Crippen molar-refractivity contribution in [3.8, 4) is 11.3 Å². The van der Waals surface area contributed by atoms with Gasteiger partial charge in [-0.25, -0.2) is 0 Å². The quantitative estimate of drug-likeness (QED) is 0.514. The second-order valence-corrected chi connectivity index (χ2v) is 8.52. The number of pyridine rings is 1. The van der Waals surface area contributed by atoms with Crippen LogP contribution in [-0.2, 0) is 7.05 Å². The summed E-state index contributed by atoms with van der Waals surface area (Å²) in [6, 6.07) is 16.3. The van der Waals surface area contributed by atoms with Crippen molar-refractivity contribution in [3.05, 3.63) is 65.3 Å². The average Bonchev–Trinajstić information content (AvgIpc) is 3.31. The molecule has 2 saturated carbocycles. The standard InChI is InChI=1S/C25H28N/c1-16-6-4-5-7-22(16)25-23-11-10-20(15-21(23)12-17(2)26(25)3)24-14-18-8-9-19(24)13-18/h4-7,10-12,15,18-19,24H,8-9,13-14H2,1-3H3/q+1/i12D. The fourth-order valence-electron chi connectivity index (χ4n) is 5.55. The molecule has 3 unspecified atom stereocenters. The van der Waals surface area contributed by atoms with E-state index in [2.05, 4.69) is 67.9 Å². The third kappa shape index (κ3) is 2.40. The number of hydrogen-bond donors (Lipinski definition) is 0. The van der Waals surface area contributed by atoms with Crippen LogP contribution in [0.2, 0.25) is 0 Å². The van der Waals surface area contributed by atoms with E-state index >= 15 is 0 Å². The summed E-state index contributed by atoms with van der Waals surface area (Å²) in [5.74, 6) is 2.53. The minimum absolute atomic E-state index is 0.676. The molecule has 132 valence electrons. The lowest BCUT2D eigenvalue weighted by Crippen LogP contribution is -2.35. The number of hydrogen-bond acceptors (Lipinski definition) is 0. The Hall–Kier alpha value is -2.15. The topological polar surface area (TPSA) is 3.88 Å². The zero-order chi connectivity index (χ0) is 18.7. The molecule has 5 rings (SSSR count). The fourth-order valence-corrected chi connectivity index (χ4v) is 5.55. The monoisotopic (exact) mass is 343 g/mol. The van der Waals surface area contributed by atoms with Gasteiger partial charge in [-0.1, -0.05) is 36.8 Å². The molecule has 2 bridgehead atoms. The van der Waals surface area contributed by atoms with Crippen LogP contribution in [0, 0.1) is 25.7 Å². The maximum absolute atomic E-state index is 8.79. The molecule has 0 amide bonds.